The quantitative estimate of drug-likeness (QED) is 0.478. The maximum Gasteiger partial charge on any atom is 0.261 e. The smallest absolute Gasteiger partial charge is 0.261 e. The van der Waals surface area contributed by atoms with Crippen molar-refractivity contribution in [3.05, 3.63) is 76.3 Å². The molecule has 0 saturated heterocycles. The Hall–Kier alpha value is -2.99. The van der Waals surface area contributed by atoms with Crippen LogP contribution in [0, 0.1) is 5.92 Å². The van der Waals surface area contributed by atoms with Crippen molar-refractivity contribution in [3.8, 4) is 0 Å². The van der Waals surface area contributed by atoms with Crippen molar-refractivity contribution < 1.29 is 9.53 Å². The first-order valence-corrected chi connectivity index (χ1v) is 11.3. The van der Waals surface area contributed by atoms with Gasteiger partial charge < -0.3 is 9.64 Å². The molecule has 1 heterocycles. The lowest BCUT2D eigenvalue weighted by Crippen LogP contribution is -2.41. The second kappa shape index (κ2) is 11.0. The van der Waals surface area contributed by atoms with E-state index in [4.69, 9.17) is 9.72 Å². The van der Waals surface area contributed by atoms with Crippen LogP contribution >= 0.6 is 0 Å². The minimum Gasteiger partial charge on any atom is -0.383 e. The van der Waals surface area contributed by atoms with Gasteiger partial charge in [0.05, 0.1) is 36.5 Å². The van der Waals surface area contributed by atoms with Gasteiger partial charge in [-0.15, -0.1) is 0 Å². The molecule has 0 aliphatic heterocycles. The minimum absolute atomic E-state index is 0.0393. The van der Waals surface area contributed by atoms with Crippen molar-refractivity contribution in [2.24, 2.45) is 5.92 Å². The summed E-state index contributed by atoms with van der Waals surface area (Å²) < 4.78 is 6.95. The van der Waals surface area contributed by atoms with Gasteiger partial charge in [-0.05, 0) is 30.0 Å². The van der Waals surface area contributed by atoms with Gasteiger partial charge in [-0.2, -0.15) is 0 Å². The van der Waals surface area contributed by atoms with Gasteiger partial charge in [0, 0.05) is 13.7 Å². The highest BCUT2D eigenvalue weighted by Gasteiger charge is 2.29. The third-order valence-corrected chi connectivity index (χ3v) is 5.55. The molecular formula is C26H33N3O3. The Balaban J connectivity index is 2.09. The monoisotopic (exact) mass is 435 g/mol. The van der Waals surface area contributed by atoms with Crippen molar-refractivity contribution in [2.75, 3.05) is 20.3 Å². The van der Waals surface area contributed by atoms with E-state index in [0.717, 1.165) is 5.56 Å². The first-order valence-electron chi connectivity index (χ1n) is 11.3. The number of fused-ring (bicyclic) bond motifs is 1. The number of methoxy groups -OCH3 is 1. The summed E-state index contributed by atoms with van der Waals surface area (Å²) in [7, 11) is 1.62. The maximum absolute atomic E-state index is 13.5. The lowest BCUT2D eigenvalue weighted by Gasteiger charge is -2.33. The van der Waals surface area contributed by atoms with Gasteiger partial charge in [0.15, 0.2) is 0 Å². The molecule has 3 aromatic rings. The number of hydrogen-bond acceptors (Lipinski definition) is 4. The van der Waals surface area contributed by atoms with E-state index in [9.17, 15) is 9.59 Å². The summed E-state index contributed by atoms with van der Waals surface area (Å²) in [6.45, 7) is 7.61. The van der Waals surface area contributed by atoms with Crippen LogP contribution in [0.4, 0.5) is 0 Å². The number of aromatic nitrogens is 2. The van der Waals surface area contributed by atoms with Crippen LogP contribution in [0.1, 0.15) is 44.6 Å². The van der Waals surface area contributed by atoms with Crippen molar-refractivity contribution in [2.45, 2.75) is 46.2 Å². The van der Waals surface area contributed by atoms with Crippen LogP contribution in [0.15, 0.2) is 59.4 Å². The summed E-state index contributed by atoms with van der Waals surface area (Å²) in [5, 5.41) is 0.577. The Morgan fingerprint density at radius 2 is 1.78 bits per heavy atom. The normalized spacial score (nSPS) is 12.3. The molecule has 1 atom stereocenters. The van der Waals surface area contributed by atoms with Crippen LogP contribution < -0.4 is 5.56 Å². The van der Waals surface area contributed by atoms with Gasteiger partial charge >= 0.3 is 0 Å². The zero-order chi connectivity index (χ0) is 23.1. The van der Waals surface area contributed by atoms with Gasteiger partial charge in [-0.25, -0.2) is 4.98 Å². The molecule has 0 aliphatic rings. The van der Waals surface area contributed by atoms with Crippen LogP contribution in [0.5, 0.6) is 0 Å². The fourth-order valence-electron chi connectivity index (χ4n) is 4.05. The van der Waals surface area contributed by atoms with Gasteiger partial charge in [0.25, 0.3) is 5.56 Å². The number of nitrogens with zero attached hydrogens (tertiary/aromatic N) is 3. The lowest BCUT2D eigenvalue weighted by atomic mass is 10.1. The van der Waals surface area contributed by atoms with Gasteiger partial charge in [0.1, 0.15) is 5.82 Å². The molecule has 32 heavy (non-hydrogen) atoms. The molecule has 1 amide bonds. The fraction of sp³-hybridized carbons (Fsp3) is 0.423. The molecule has 0 saturated carbocycles. The van der Waals surface area contributed by atoms with E-state index in [1.54, 1.807) is 17.7 Å². The molecule has 2 aromatic carbocycles. The van der Waals surface area contributed by atoms with E-state index in [0.29, 0.717) is 49.3 Å². The van der Waals surface area contributed by atoms with Crippen molar-refractivity contribution in [1.82, 2.24) is 14.5 Å². The molecule has 1 aromatic heterocycles. The topological polar surface area (TPSA) is 64.4 Å². The average Bonchev–Trinajstić information content (AvgIpc) is 2.79. The van der Waals surface area contributed by atoms with Crippen LogP contribution in [0.25, 0.3) is 10.9 Å². The molecule has 6 nitrogen and oxygen atoms in total. The van der Waals surface area contributed by atoms with E-state index in [1.165, 1.54) is 0 Å². The number of carbonyl (C=O) groups is 1. The number of amides is 1. The van der Waals surface area contributed by atoms with Crippen LogP contribution in [-0.2, 0) is 22.5 Å². The Morgan fingerprint density at radius 1 is 1.09 bits per heavy atom. The molecule has 0 aliphatic carbocycles. The lowest BCUT2D eigenvalue weighted by molar-refractivity contribution is -0.134. The van der Waals surface area contributed by atoms with Gasteiger partial charge in [-0.1, -0.05) is 63.2 Å². The van der Waals surface area contributed by atoms with Crippen molar-refractivity contribution in [3.63, 3.8) is 0 Å². The zero-order valence-electron chi connectivity index (χ0n) is 19.5. The second-order valence-electron chi connectivity index (χ2n) is 8.46. The van der Waals surface area contributed by atoms with E-state index < -0.39 is 0 Å². The van der Waals surface area contributed by atoms with E-state index in [-0.39, 0.29) is 23.4 Å². The molecule has 0 fully saturated rings. The number of rotatable bonds is 10. The average molecular weight is 436 g/mol. The number of carbonyl (C=O) groups excluding carboxylic acids is 1. The molecule has 6 heteroatoms. The Labute approximate surface area is 189 Å². The standard InChI is InChI=1S/C26H33N3O3/c1-5-23(29(18-19(2)3)24(30)17-20-11-7-6-8-12-20)25-27-22-14-10-9-13-21(22)26(31)28(25)15-16-32-4/h6-14,19,23H,5,15-18H2,1-4H3. The minimum atomic E-state index is -0.303. The third kappa shape index (κ3) is 5.43. The Morgan fingerprint density at radius 3 is 2.44 bits per heavy atom. The highest BCUT2D eigenvalue weighted by Crippen LogP contribution is 2.26. The SMILES string of the molecule is CCC(c1nc2ccccc2c(=O)n1CCOC)N(CC(C)C)C(=O)Cc1ccccc1. The summed E-state index contributed by atoms with van der Waals surface area (Å²) in [4.78, 5) is 33.6. The first kappa shape index (κ1) is 23.7. The first-order chi connectivity index (χ1) is 15.5. The van der Waals surface area contributed by atoms with E-state index >= 15 is 0 Å². The second-order valence-corrected chi connectivity index (χ2v) is 8.46. The molecule has 3 rings (SSSR count). The Kier molecular flexibility index (Phi) is 8.17. The van der Waals surface area contributed by atoms with Gasteiger partial charge in [0.2, 0.25) is 5.91 Å². The summed E-state index contributed by atoms with van der Waals surface area (Å²) in [6.07, 6.45) is 0.977. The summed E-state index contributed by atoms with van der Waals surface area (Å²) in [5.74, 6) is 0.941. The van der Waals surface area contributed by atoms with E-state index in [2.05, 4.69) is 13.8 Å². The summed E-state index contributed by atoms with van der Waals surface area (Å²) >= 11 is 0. The predicted octanol–water partition coefficient (Wildman–Crippen LogP) is 4.22. The number of hydrogen-bond donors (Lipinski definition) is 0. The van der Waals surface area contributed by atoms with Crippen LogP contribution in [-0.4, -0.2) is 40.6 Å². The molecule has 170 valence electrons. The van der Waals surface area contributed by atoms with Crippen LogP contribution in [0.2, 0.25) is 0 Å². The molecular weight excluding hydrogens is 402 g/mol. The molecule has 0 radical (unpaired) electrons. The van der Waals surface area contributed by atoms with Gasteiger partial charge in [-0.3, -0.25) is 14.2 Å². The largest absolute Gasteiger partial charge is 0.383 e. The Bertz CT molecular complexity index is 1090. The fourth-order valence-corrected chi connectivity index (χ4v) is 4.05. The molecule has 0 bridgehead atoms. The van der Waals surface area contributed by atoms with E-state index in [1.807, 2.05) is 60.4 Å². The highest BCUT2D eigenvalue weighted by atomic mass is 16.5. The maximum atomic E-state index is 13.5. The molecule has 1 unspecified atom stereocenters. The number of ether oxygens (including phenoxy) is 1. The van der Waals surface area contributed by atoms with Crippen molar-refractivity contribution >= 4 is 16.8 Å². The number of benzene rings is 2. The number of para-hydroxylation sites is 1. The summed E-state index contributed by atoms with van der Waals surface area (Å²) in [5.41, 5.74) is 1.53. The van der Waals surface area contributed by atoms with Crippen molar-refractivity contribution in [1.29, 1.82) is 0 Å². The third-order valence-electron chi connectivity index (χ3n) is 5.55. The molecule has 0 N–H and O–H groups in total. The summed E-state index contributed by atoms with van der Waals surface area (Å²) in [6, 6.07) is 16.8. The molecule has 0 spiro atoms. The highest BCUT2D eigenvalue weighted by molar-refractivity contribution is 5.80. The zero-order valence-corrected chi connectivity index (χ0v) is 19.5. The van der Waals surface area contributed by atoms with Crippen LogP contribution in [0.3, 0.4) is 0 Å². The predicted molar refractivity (Wildman–Crippen MR) is 128 cm³/mol.